The quantitative estimate of drug-likeness (QED) is 0.804. The summed E-state index contributed by atoms with van der Waals surface area (Å²) in [5, 5.41) is 29.1. The smallest absolute Gasteiger partial charge is 0.160 e. The fourth-order valence-corrected chi connectivity index (χ4v) is 2.30. The summed E-state index contributed by atoms with van der Waals surface area (Å²) in [6.07, 6.45) is 0. The largest absolute Gasteiger partial charge is 0.508 e. The van der Waals surface area contributed by atoms with Crippen LogP contribution in [0.15, 0.2) is 36.4 Å². The van der Waals surface area contributed by atoms with Crippen molar-refractivity contribution in [2.45, 2.75) is 12.8 Å². The van der Waals surface area contributed by atoms with Gasteiger partial charge in [0.1, 0.15) is 17.3 Å². The molecule has 2 aromatic rings. The van der Waals surface area contributed by atoms with Crippen molar-refractivity contribution >= 4 is 5.78 Å². The first kappa shape index (κ1) is 14.7. The summed E-state index contributed by atoms with van der Waals surface area (Å²) in [5.74, 6) is -0.972. The Hall–Kier alpha value is -2.69. The monoisotopic (exact) mass is 288 g/mol. The van der Waals surface area contributed by atoms with Gasteiger partial charge in [0.25, 0.3) is 0 Å². The van der Waals surface area contributed by atoms with Crippen LogP contribution in [0.2, 0.25) is 0 Å². The third-order valence-electron chi connectivity index (χ3n) is 3.27. The molecule has 5 nitrogen and oxygen atoms in total. The fraction of sp³-hybridized carbons (Fsp3) is 0.188. The highest BCUT2D eigenvalue weighted by molar-refractivity contribution is 5.88. The van der Waals surface area contributed by atoms with Gasteiger partial charge in [-0.25, -0.2) is 0 Å². The predicted octanol–water partition coefficient (Wildman–Crippen LogP) is 2.53. The zero-order valence-corrected chi connectivity index (χ0v) is 11.7. The third kappa shape index (κ3) is 2.91. The Morgan fingerprint density at radius 3 is 2.29 bits per heavy atom. The molecule has 0 spiro atoms. The van der Waals surface area contributed by atoms with E-state index in [1.54, 1.807) is 12.1 Å². The molecule has 0 heterocycles. The summed E-state index contributed by atoms with van der Waals surface area (Å²) >= 11 is 0. The number of hydrogen-bond donors (Lipinski definition) is 3. The van der Waals surface area contributed by atoms with Crippen LogP contribution in [-0.4, -0.2) is 28.2 Å². The molecule has 2 aromatic carbocycles. The molecule has 0 saturated carbocycles. The maximum absolute atomic E-state index is 12.0. The van der Waals surface area contributed by atoms with Crippen molar-refractivity contribution in [2.75, 3.05) is 7.11 Å². The minimum atomic E-state index is -0.734. The van der Waals surface area contributed by atoms with Gasteiger partial charge < -0.3 is 20.1 Å². The second kappa shape index (κ2) is 5.75. The number of ether oxygens (including phenoxy) is 1. The SMILES string of the molecule is COc1ccc(C(C(C)=O)c2ccc(O)cc2O)cc1O. The van der Waals surface area contributed by atoms with Crippen LogP contribution in [0.25, 0.3) is 0 Å². The van der Waals surface area contributed by atoms with Gasteiger partial charge in [-0.3, -0.25) is 4.79 Å². The lowest BCUT2D eigenvalue weighted by molar-refractivity contribution is -0.117. The average molecular weight is 288 g/mol. The van der Waals surface area contributed by atoms with E-state index in [9.17, 15) is 20.1 Å². The van der Waals surface area contributed by atoms with Gasteiger partial charge in [-0.2, -0.15) is 0 Å². The standard InChI is InChI=1S/C16H16O5/c1-9(17)16(12-5-4-11(18)8-13(12)19)10-3-6-15(21-2)14(20)7-10/h3-8,16,18-20H,1-2H3. The first-order valence-electron chi connectivity index (χ1n) is 6.33. The van der Waals surface area contributed by atoms with Crippen molar-refractivity contribution in [1.29, 1.82) is 0 Å². The lowest BCUT2D eigenvalue weighted by Gasteiger charge is -2.17. The maximum atomic E-state index is 12.0. The maximum Gasteiger partial charge on any atom is 0.160 e. The first-order chi connectivity index (χ1) is 9.93. The Bertz CT molecular complexity index is 678. The first-order valence-corrected chi connectivity index (χ1v) is 6.33. The molecule has 0 bridgehead atoms. The molecule has 21 heavy (non-hydrogen) atoms. The van der Waals surface area contributed by atoms with Gasteiger partial charge in [-0.15, -0.1) is 0 Å². The number of ketones is 1. The van der Waals surface area contributed by atoms with E-state index in [4.69, 9.17) is 4.74 Å². The van der Waals surface area contributed by atoms with Crippen LogP contribution in [-0.2, 0) is 4.79 Å². The lowest BCUT2D eigenvalue weighted by Crippen LogP contribution is -2.10. The number of aromatic hydroxyl groups is 3. The molecule has 0 aromatic heterocycles. The second-order valence-corrected chi connectivity index (χ2v) is 4.72. The minimum absolute atomic E-state index is 0.0838. The summed E-state index contributed by atoms with van der Waals surface area (Å²) in [6.45, 7) is 1.40. The topological polar surface area (TPSA) is 87.0 Å². The summed E-state index contributed by atoms with van der Waals surface area (Å²) in [7, 11) is 1.43. The summed E-state index contributed by atoms with van der Waals surface area (Å²) in [5.41, 5.74) is 0.895. The summed E-state index contributed by atoms with van der Waals surface area (Å²) < 4.78 is 4.97. The number of phenolic OH excluding ortho intramolecular Hbond substituents is 3. The average Bonchev–Trinajstić information content (AvgIpc) is 2.41. The molecular formula is C16H16O5. The summed E-state index contributed by atoms with van der Waals surface area (Å²) in [6, 6.07) is 8.69. The van der Waals surface area contributed by atoms with Crippen LogP contribution in [0.3, 0.4) is 0 Å². The summed E-state index contributed by atoms with van der Waals surface area (Å²) in [4.78, 5) is 12.0. The number of carbonyl (C=O) groups is 1. The van der Waals surface area contributed by atoms with Gasteiger partial charge in [0.05, 0.1) is 13.0 Å². The Balaban J connectivity index is 2.53. The van der Waals surface area contributed by atoms with Crippen LogP contribution >= 0.6 is 0 Å². The van der Waals surface area contributed by atoms with E-state index < -0.39 is 5.92 Å². The molecule has 5 heteroatoms. The molecule has 2 rings (SSSR count). The van der Waals surface area contributed by atoms with Gasteiger partial charge in [0.2, 0.25) is 0 Å². The van der Waals surface area contributed by atoms with E-state index in [2.05, 4.69) is 0 Å². The van der Waals surface area contributed by atoms with Crippen molar-refractivity contribution in [3.05, 3.63) is 47.5 Å². The molecule has 1 atom stereocenters. The van der Waals surface area contributed by atoms with Crippen LogP contribution in [0, 0.1) is 0 Å². The molecule has 0 radical (unpaired) electrons. The Morgan fingerprint density at radius 1 is 1.05 bits per heavy atom. The Morgan fingerprint density at radius 2 is 1.76 bits per heavy atom. The highest BCUT2D eigenvalue weighted by Crippen LogP contribution is 2.37. The Labute approximate surface area is 122 Å². The van der Waals surface area contributed by atoms with E-state index >= 15 is 0 Å². The number of Topliss-reactive ketones (excluding diaryl/α,β-unsaturated/α-hetero) is 1. The zero-order valence-electron chi connectivity index (χ0n) is 11.7. The van der Waals surface area contributed by atoms with Crippen LogP contribution in [0.4, 0.5) is 0 Å². The van der Waals surface area contributed by atoms with Crippen molar-refractivity contribution < 1.29 is 24.9 Å². The van der Waals surface area contributed by atoms with Crippen molar-refractivity contribution in [1.82, 2.24) is 0 Å². The number of benzene rings is 2. The molecule has 0 amide bonds. The molecule has 110 valence electrons. The minimum Gasteiger partial charge on any atom is -0.508 e. The molecule has 0 fully saturated rings. The predicted molar refractivity (Wildman–Crippen MR) is 77.0 cm³/mol. The van der Waals surface area contributed by atoms with Gasteiger partial charge in [-0.05, 0) is 30.7 Å². The van der Waals surface area contributed by atoms with Gasteiger partial charge in [-0.1, -0.05) is 12.1 Å². The molecule has 3 N–H and O–H groups in total. The van der Waals surface area contributed by atoms with Gasteiger partial charge in [0.15, 0.2) is 11.5 Å². The fourth-order valence-electron chi connectivity index (χ4n) is 2.30. The molecule has 0 aliphatic rings. The van der Waals surface area contributed by atoms with Crippen molar-refractivity contribution in [3.8, 4) is 23.0 Å². The molecule has 1 unspecified atom stereocenters. The molecule has 0 aliphatic carbocycles. The number of hydrogen-bond acceptors (Lipinski definition) is 5. The Kier molecular flexibility index (Phi) is 4.03. The van der Waals surface area contributed by atoms with Gasteiger partial charge in [0, 0.05) is 11.6 Å². The van der Waals surface area contributed by atoms with Crippen LogP contribution < -0.4 is 4.74 Å². The second-order valence-electron chi connectivity index (χ2n) is 4.72. The van der Waals surface area contributed by atoms with Gasteiger partial charge >= 0.3 is 0 Å². The molecule has 0 aliphatic heterocycles. The lowest BCUT2D eigenvalue weighted by atomic mass is 9.87. The number of carbonyl (C=O) groups excluding carboxylic acids is 1. The molecular weight excluding hydrogens is 272 g/mol. The normalized spacial score (nSPS) is 11.9. The number of phenols is 3. The number of methoxy groups -OCH3 is 1. The van der Waals surface area contributed by atoms with Crippen molar-refractivity contribution in [2.24, 2.45) is 0 Å². The van der Waals surface area contributed by atoms with Crippen molar-refractivity contribution in [3.63, 3.8) is 0 Å². The van der Waals surface area contributed by atoms with Crippen LogP contribution in [0.5, 0.6) is 23.0 Å². The highest BCUT2D eigenvalue weighted by Gasteiger charge is 2.23. The van der Waals surface area contributed by atoms with Crippen LogP contribution in [0.1, 0.15) is 24.0 Å². The van der Waals surface area contributed by atoms with E-state index in [1.165, 1.54) is 38.3 Å². The van der Waals surface area contributed by atoms with E-state index in [0.717, 1.165) is 0 Å². The third-order valence-corrected chi connectivity index (χ3v) is 3.27. The number of rotatable bonds is 4. The van der Waals surface area contributed by atoms with E-state index in [1.807, 2.05) is 0 Å². The highest BCUT2D eigenvalue weighted by atomic mass is 16.5. The zero-order chi connectivity index (χ0) is 15.6. The van der Waals surface area contributed by atoms with E-state index in [0.29, 0.717) is 16.9 Å². The molecule has 0 saturated heterocycles. The van der Waals surface area contributed by atoms with E-state index in [-0.39, 0.29) is 23.0 Å².